The van der Waals surface area contributed by atoms with Crippen molar-refractivity contribution in [3.05, 3.63) is 49.0 Å². The zero-order chi connectivity index (χ0) is 7.78. The molecule has 58 valence electrons. The van der Waals surface area contributed by atoms with Crippen molar-refractivity contribution >= 4 is 0 Å². The molecule has 0 spiro atoms. The third-order valence-electron chi connectivity index (χ3n) is 1.31. The van der Waals surface area contributed by atoms with E-state index in [1.54, 1.807) is 12.5 Å². The van der Waals surface area contributed by atoms with E-state index in [1.807, 2.05) is 12.1 Å². The number of furan rings is 1. The minimum absolute atomic E-state index is 1.23. The van der Waals surface area contributed by atoms with Crippen LogP contribution in [-0.2, 0) is 0 Å². The van der Waals surface area contributed by atoms with Crippen molar-refractivity contribution < 1.29 is 4.42 Å². The van der Waals surface area contributed by atoms with E-state index >= 15 is 0 Å². The lowest BCUT2D eigenvalue weighted by Crippen LogP contribution is -1.67. The lowest BCUT2D eigenvalue weighted by atomic mass is 10.2. The van der Waals surface area contributed by atoms with Crippen LogP contribution in [0.2, 0.25) is 0 Å². The minimum atomic E-state index is 1.23. The maximum Gasteiger partial charge on any atom is 0.0902 e. The summed E-state index contributed by atoms with van der Waals surface area (Å²) in [5, 5.41) is 0. The Balaban J connectivity index is 0.000000112. The fourth-order valence-electron chi connectivity index (χ4n) is 0.769. The fourth-order valence-corrected chi connectivity index (χ4v) is 0.769. The highest BCUT2D eigenvalue weighted by molar-refractivity contribution is 5.07. The van der Waals surface area contributed by atoms with E-state index in [9.17, 15) is 0 Å². The van der Waals surface area contributed by atoms with Crippen LogP contribution in [0.5, 0.6) is 0 Å². The van der Waals surface area contributed by atoms with E-state index < -0.39 is 0 Å². The van der Waals surface area contributed by atoms with Gasteiger partial charge in [-0.2, -0.15) is 0 Å². The van der Waals surface area contributed by atoms with E-state index in [2.05, 4.69) is 28.7 Å². The predicted octanol–water partition coefficient (Wildman–Crippen LogP) is 3.17. The zero-order valence-electron chi connectivity index (χ0n) is 6.44. The van der Waals surface area contributed by atoms with Crippen LogP contribution in [0.4, 0.5) is 0 Å². The van der Waals surface area contributed by atoms with Crippen molar-refractivity contribution in [2.24, 2.45) is 0 Å². The summed E-state index contributed by atoms with van der Waals surface area (Å²) < 4.78 is 4.58. The van der Waals surface area contributed by atoms with Gasteiger partial charge in [0.2, 0.25) is 0 Å². The Bertz CT molecular complexity index is 178. The van der Waals surface area contributed by atoms with Crippen LogP contribution in [0.15, 0.2) is 53.4 Å². The second-order valence-electron chi connectivity index (χ2n) is 2.23. The Hall–Kier alpha value is -1.24. The molecule has 1 nitrogen and oxygen atoms in total. The topological polar surface area (TPSA) is 13.1 Å². The molecule has 0 fully saturated rings. The van der Waals surface area contributed by atoms with Crippen molar-refractivity contribution in [2.75, 3.05) is 0 Å². The SMILES string of the molecule is C1=CCCC=C1.c1ccoc1. The molecule has 1 heterocycles. The van der Waals surface area contributed by atoms with Crippen LogP contribution in [0, 0.1) is 0 Å². The number of hydrogen-bond acceptors (Lipinski definition) is 1. The molecule has 2 rings (SSSR count). The van der Waals surface area contributed by atoms with E-state index in [-0.39, 0.29) is 0 Å². The van der Waals surface area contributed by atoms with Crippen molar-refractivity contribution in [3.8, 4) is 0 Å². The molecule has 0 atom stereocenters. The van der Waals surface area contributed by atoms with Gasteiger partial charge in [0, 0.05) is 0 Å². The van der Waals surface area contributed by atoms with Crippen molar-refractivity contribution in [1.82, 2.24) is 0 Å². The first-order valence-corrected chi connectivity index (χ1v) is 3.79. The predicted molar refractivity (Wildman–Crippen MR) is 46.2 cm³/mol. The van der Waals surface area contributed by atoms with Crippen molar-refractivity contribution in [2.45, 2.75) is 12.8 Å². The first-order chi connectivity index (χ1) is 5.50. The quantitative estimate of drug-likeness (QED) is 0.550. The Morgan fingerprint density at radius 2 is 1.36 bits per heavy atom. The van der Waals surface area contributed by atoms with Gasteiger partial charge in [-0.25, -0.2) is 0 Å². The highest BCUT2D eigenvalue weighted by Gasteiger charge is 1.77. The van der Waals surface area contributed by atoms with Gasteiger partial charge in [0.25, 0.3) is 0 Å². The molecule has 1 aliphatic carbocycles. The Labute approximate surface area is 67.0 Å². The molecule has 0 unspecified atom stereocenters. The van der Waals surface area contributed by atoms with Crippen LogP contribution in [0.25, 0.3) is 0 Å². The van der Waals surface area contributed by atoms with Crippen LogP contribution in [-0.4, -0.2) is 0 Å². The normalized spacial score (nSPS) is 13.8. The molecule has 11 heavy (non-hydrogen) atoms. The van der Waals surface area contributed by atoms with Gasteiger partial charge >= 0.3 is 0 Å². The molecule has 1 heteroatoms. The average Bonchev–Trinajstić information content (AvgIpc) is 2.64. The van der Waals surface area contributed by atoms with E-state index in [0.29, 0.717) is 0 Å². The highest BCUT2D eigenvalue weighted by Crippen LogP contribution is 1.98. The van der Waals surface area contributed by atoms with Crippen LogP contribution >= 0.6 is 0 Å². The maximum atomic E-state index is 4.58. The van der Waals surface area contributed by atoms with Crippen LogP contribution in [0.1, 0.15) is 12.8 Å². The molecule has 1 aromatic heterocycles. The summed E-state index contributed by atoms with van der Waals surface area (Å²) in [7, 11) is 0. The number of allylic oxidation sites excluding steroid dienone is 4. The molecule has 0 amide bonds. The monoisotopic (exact) mass is 148 g/mol. The summed E-state index contributed by atoms with van der Waals surface area (Å²) in [6.07, 6.45) is 14.2. The summed E-state index contributed by atoms with van der Waals surface area (Å²) in [6, 6.07) is 3.67. The fraction of sp³-hybridized carbons (Fsp3) is 0.200. The lowest BCUT2D eigenvalue weighted by molar-refractivity contribution is 0.567. The summed E-state index contributed by atoms with van der Waals surface area (Å²) in [5.74, 6) is 0. The molecule has 0 radical (unpaired) electrons. The minimum Gasteiger partial charge on any atom is -0.473 e. The number of rotatable bonds is 0. The molecule has 1 aromatic rings. The molecule has 0 bridgehead atoms. The van der Waals surface area contributed by atoms with E-state index in [0.717, 1.165) is 0 Å². The molecule has 0 N–H and O–H groups in total. The molecule has 0 aromatic carbocycles. The van der Waals surface area contributed by atoms with Gasteiger partial charge in [0.15, 0.2) is 0 Å². The first-order valence-electron chi connectivity index (χ1n) is 3.79. The standard InChI is InChI=1S/C6H8.C4H4O/c1-2-4-6-5-3-1;1-2-4-5-3-1/h1-4H,5-6H2;1-4H. The Morgan fingerprint density at radius 1 is 0.818 bits per heavy atom. The van der Waals surface area contributed by atoms with Crippen LogP contribution < -0.4 is 0 Å². The third-order valence-corrected chi connectivity index (χ3v) is 1.31. The summed E-state index contributed by atoms with van der Waals surface area (Å²) in [5.41, 5.74) is 0. The van der Waals surface area contributed by atoms with E-state index in [4.69, 9.17) is 0 Å². The summed E-state index contributed by atoms with van der Waals surface area (Å²) in [6.45, 7) is 0. The molecular weight excluding hydrogens is 136 g/mol. The molecular formula is C10H12O. The molecule has 1 aliphatic rings. The van der Waals surface area contributed by atoms with Gasteiger partial charge in [-0.1, -0.05) is 24.3 Å². The largest absolute Gasteiger partial charge is 0.473 e. The lowest BCUT2D eigenvalue weighted by Gasteiger charge is -1.88. The molecule has 0 saturated carbocycles. The highest BCUT2D eigenvalue weighted by atomic mass is 16.3. The maximum absolute atomic E-state index is 4.58. The van der Waals surface area contributed by atoms with Gasteiger partial charge in [-0.05, 0) is 25.0 Å². The summed E-state index contributed by atoms with van der Waals surface area (Å²) in [4.78, 5) is 0. The Morgan fingerprint density at radius 3 is 1.55 bits per heavy atom. The second kappa shape index (κ2) is 5.54. The third kappa shape index (κ3) is 4.20. The molecule has 0 saturated heterocycles. The first kappa shape index (κ1) is 7.86. The van der Waals surface area contributed by atoms with Crippen molar-refractivity contribution in [3.63, 3.8) is 0 Å². The number of hydrogen-bond donors (Lipinski definition) is 0. The summed E-state index contributed by atoms with van der Waals surface area (Å²) >= 11 is 0. The van der Waals surface area contributed by atoms with Gasteiger partial charge in [-0.3, -0.25) is 0 Å². The zero-order valence-corrected chi connectivity index (χ0v) is 6.44. The van der Waals surface area contributed by atoms with Gasteiger partial charge in [0.1, 0.15) is 0 Å². The van der Waals surface area contributed by atoms with Gasteiger partial charge in [-0.15, -0.1) is 0 Å². The molecule has 0 aliphatic heterocycles. The average molecular weight is 148 g/mol. The Kier molecular flexibility index (Phi) is 3.96. The van der Waals surface area contributed by atoms with Crippen LogP contribution in [0.3, 0.4) is 0 Å². The van der Waals surface area contributed by atoms with Gasteiger partial charge < -0.3 is 4.42 Å². The van der Waals surface area contributed by atoms with E-state index in [1.165, 1.54) is 12.8 Å². The van der Waals surface area contributed by atoms with Gasteiger partial charge in [0.05, 0.1) is 12.5 Å². The second-order valence-corrected chi connectivity index (χ2v) is 2.23. The smallest absolute Gasteiger partial charge is 0.0902 e. The van der Waals surface area contributed by atoms with Crippen molar-refractivity contribution in [1.29, 1.82) is 0 Å².